The van der Waals surface area contributed by atoms with Gasteiger partial charge < -0.3 is 4.74 Å². The van der Waals surface area contributed by atoms with Crippen molar-refractivity contribution in [1.29, 1.82) is 0 Å². The van der Waals surface area contributed by atoms with E-state index in [9.17, 15) is 4.79 Å². The Morgan fingerprint density at radius 2 is 1.78 bits per heavy atom. The fourth-order valence-electron chi connectivity index (χ4n) is 2.05. The molecule has 0 aliphatic rings. The molecule has 0 spiro atoms. The molecule has 2 aromatic carbocycles. The molecule has 4 nitrogen and oxygen atoms in total. The molecular formula is C19H21NO3. The second kappa shape index (κ2) is 8.88. The highest BCUT2D eigenvalue weighted by Crippen LogP contribution is 2.10. The molecule has 0 saturated carbocycles. The van der Waals surface area contributed by atoms with Gasteiger partial charge in [-0.15, -0.1) is 0 Å². The first-order chi connectivity index (χ1) is 11.2. The number of rotatable bonds is 7. The molecule has 0 radical (unpaired) electrons. The molecule has 120 valence electrons. The maximum atomic E-state index is 12.1. The van der Waals surface area contributed by atoms with Gasteiger partial charge >= 0.3 is 0 Å². The van der Waals surface area contributed by atoms with E-state index in [0.29, 0.717) is 12.2 Å². The van der Waals surface area contributed by atoms with Crippen LogP contribution in [0.1, 0.15) is 16.7 Å². The number of hydroxylamine groups is 1. The Kier molecular flexibility index (Phi) is 6.54. The van der Waals surface area contributed by atoms with Gasteiger partial charge in [-0.1, -0.05) is 60.2 Å². The summed E-state index contributed by atoms with van der Waals surface area (Å²) in [4.78, 5) is 16.8. The van der Waals surface area contributed by atoms with E-state index < -0.39 is 0 Å². The predicted molar refractivity (Wildman–Crippen MR) is 90.4 cm³/mol. The van der Waals surface area contributed by atoms with Gasteiger partial charge in [0.1, 0.15) is 0 Å². The Bertz CT molecular complexity index is 648. The van der Waals surface area contributed by atoms with Crippen molar-refractivity contribution in [2.75, 3.05) is 13.7 Å². The zero-order chi connectivity index (χ0) is 16.5. The van der Waals surface area contributed by atoms with Crippen LogP contribution in [0.5, 0.6) is 0 Å². The van der Waals surface area contributed by atoms with Crippen LogP contribution in [0.4, 0.5) is 0 Å². The summed E-state index contributed by atoms with van der Waals surface area (Å²) in [6, 6.07) is 17.8. The van der Waals surface area contributed by atoms with Gasteiger partial charge in [0.2, 0.25) is 0 Å². The molecule has 4 heteroatoms. The van der Waals surface area contributed by atoms with E-state index in [4.69, 9.17) is 9.57 Å². The van der Waals surface area contributed by atoms with Gasteiger partial charge in [-0.25, -0.2) is 5.48 Å². The van der Waals surface area contributed by atoms with Crippen molar-refractivity contribution in [1.82, 2.24) is 5.48 Å². The molecule has 1 amide bonds. The number of aryl methyl sites for hydroxylation is 1. The third-order valence-electron chi connectivity index (χ3n) is 3.27. The van der Waals surface area contributed by atoms with E-state index >= 15 is 0 Å². The van der Waals surface area contributed by atoms with Crippen molar-refractivity contribution in [3.05, 3.63) is 76.9 Å². The smallest absolute Gasteiger partial charge is 0.273 e. The van der Waals surface area contributed by atoms with Crippen LogP contribution < -0.4 is 5.48 Å². The molecule has 2 rings (SSSR count). The highest BCUT2D eigenvalue weighted by Gasteiger charge is 2.10. The number of hydrogen-bond acceptors (Lipinski definition) is 3. The lowest BCUT2D eigenvalue weighted by molar-refractivity contribution is -0.127. The summed E-state index contributed by atoms with van der Waals surface area (Å²) in [6.07, 6.45) is 1.80. The minimum atomic E-state index is -0.305. The topological polar surface area (TPSA) is 47.6 Å². The molecule has 0 aliphatic heterocycles. The number of carbonyl (C=O) groups is 1. The predicted octanol–water partition coefficient (Wildman–Crippen LogP) is 3.27. The maximum Gasteiger partial charge on any atom is 0.273 e. The third kappa shape index (κ3) is 5.70. The normalized spacial score (nSPS) is 11.3. The highest BCUT2D eigenvalue weighted by atomic mass is 16.6. The molecule has 0 aliphatic carbocycles. The van der Waals surface area contributed by atoms with Gasteiger partial charge in [0, 0.05) is 5.57 Å². The Morgan fingerprint density at radius 1 is 1.09 bits per heavy atom. The third-order valence-corrected chi connectivity index (χ3v) is 3.27. The molecule has 0 fully saturated rings. The van der Waals surface area contributed by atoms with Crippen molar-refractivity contribution < 1.29 is 14.4 Å². The fourth-order valence-corrected chi connectivity index (χ4v) is 2.05. The second-order valence-corrected chi connectivity index (χ2v) is 5.19. The summed E-state index contributed by atoms with van der Waals surface area (Å²) in [5.41, 5.74) is 6.03. The number of nitrogens with one attached hydrogen (secondary N) is 1. The first-order valence-electron chi connectivity index (χ1n) is 7.41. The monoisotopic (exact) mass is 311 g/mol. The average molecular weight is 311 g/mol. The lowest BCUT2D eigenvalue weighted by Gasteiger charge is -2.09. The summed E-state index contributed by atoms with van der Waals surface area (Å²) in [5.74, 6) is -0.305. The SMILES string of the molecule is CONC(=O)/C(=C\c1ccc(C)cc1)COCc1ccccc1. The Labute approximate surface area is 136 Å². The second-order valence-electron chi connectivity index (χ2n) is 5.19. The van der Waals surface area contributed by atoms with Gasteiger partial charge in [-0.2, -0.15) is 0 Å². The quantitative estimate of drug-likeness (QED) is 0.630. The van der Waals surface area contributed by atoms with Crippen LogP contribution in [0.3, 0.4) is 0 Å². The standard InChI is InChI=1S/C19H21NO3/c1-15-8-10-16(11-9-15)12-18(19(21)20-22-2)14-23-13-17-6-4-3-5-7-17/h3-12H,13-14H2,1-2H3,(H,20,21)/b18-12-. The molecule has 2 aromatic rings. The van der Waals surface area contributed by atoms with E-state index in [1.165, 1.54) is 12.7 Å². The summed E-state index contributed by atoms with van der Waals surface area (Å²) < 4.78 is 5.66. The molecule has 1 N–H and O–H groups in total. The van der Waals surface area contributed by atoms with Crippen LogP contribution in [0, 0.1) is 6.92 Å². The molecular weight excluding hydrogens is 290 g/mol. The minimum Gasteiger partial charge on any atom is -0.372 e. The zero-order valence-corrected chi connectivity index (χ0v) is 13.4. The van der Waals surface area contributed by atoms with E-state index in [0.717, 1.165) is 11.1 Å². The van der Waals surface area contributed by atoms with Crippen molar-refractivity contribution in [3.63, 3.8) is 0 Å². The molecule has 0 unspecified atom stereocenters. The molecule has 0 aromatic heterocycles. The Hall–Kier alpha value is -2.43. The first kappa shape index (κ1) is 16.9. The summed E-state index contributed by atoms with van der Waals surface area (Å²) in [7, 11) is 1.41. The van der Waals surface area contributed by atoms with Crippen molar-refractivity contribution in [2.24, 2.45) is 0 Å². The largest absolute Gasteiger partial charge is 0.372 e. The molecule has 0 heterocycles. The Morgan fingerprint density at radius 3 is 2.43 bits per heavy atom. The van der Waals surface area contributed by atoms with Gasteiger partial charge in [-0.05, 0) is 24.1 Å². The molecule has 0 bridgehead atoms. The van der Waals surface area contributed by atoms with Crippen LogP contribution in [0.25, 0.3) is 6.08 Å². The number of hydrogen-bond donors (Lipinski definition) is 1. The van der Waals surface area contributed by atoms with Gasteiger partial charge in [0.05, 0.1) is 20.3 Å². The van der Waals surface area contributed by atoms with Gasteiger partial charge in [0.15, 0.2) is 0 Å². The van der Waals surface area contributed by atoms with Gasteiger partial charge in [-0.3, -0.25) is 9.63 Å². The number of amides is 1. The lowest BCUT2D eigenvalue weighted by Crippen LogP contribution is -2.25. The summed E-state index contributed by atoms with van der Waals surface area (Å²) in [6.45, 7) is 2.68. The first-order valence-corrected chi connectivity index (χ1v) is 7.41. The van der Waals surface area contributed by atoms with Crippen LogP contribution in [0.2, 0.25) is 0 Å². The molecule has 0 atom stereocenters. The average Bonchev–Trinajstić information content (AvgIpc) is 2.57. The van der Waals surface area contributed by atoms with Crippen molar-refractivity contribution in [2.45, 2.75) is 13.5 Å². The summed E-state index contributed by atoms with van der Waals surface area (Å²) in [5, 5.41) is 0. The van der Waals surface area contributed by atoms with Crippen molar-refractivity contribution >= 4 is 12.0 Å². The van der Waals surface area contributed by atoms with Crippen molar-refractivity contribution in [3.8, 4) is 0 Å². The van der Waals surface area contributed by atoms with E-state index in [1.807, 2.05) is 61.5 Å². The number of benzene rings is 2. The van der Waals surface area contributed by atoms with E-state index in [2.05, 4.69) is 5.48 Å². The van der Waals surface area contributed by atoms with E-state index in [1.54, 1.807) is 6.08 Å². The van der Waals surface area contributed by atoms with Gasteiger partial charge in [0.25, 0.3) is 5.91 Å². The Balaban J connectivity index is 2.04. The van der Waals surface area contributed by atoms with E-state index in [-0.39, 0.29) is 12.5 Å². The molecule has 23 heavy (non-hydrogen) atoms. The fraction of sp³-hybridized carbons (Fsp3) is 0.211. The number of ether oxygens (including phenoxy) is 1. The van der Waals surface area contributed by atoms with Crippen LogP contribution in [0.15, 0.2) is 60.2 Å². The summed E-state index contributed by atoms with van der Waals surface area (Å²) >= 11 is 0. The van der Waals surface area contributed by atoms with Crippen LogP contribution in [-0.2, 0) is 21.0 Å². The zero-order valence-electron chi connectivity index (χ0n) is 13.4. The maximum absolute atomic E-state index is 12.1. The van der Waals surface area contributed by atoms with Crippen LogP contribution in [-0.4, -0.2) is 19.6 Å². The molecule has 0 saturated heterocycles. The number of carbonyl (C=O) groups excluding carboxylic acids is 1. The highest BCUT2D eigenvalue weighted by molar-refractivity contribution is 5.97. The van der Waals surface area contributed by atoms with Crippen LogP contribution >= 0.6 is 0 Å². The minimum absolute atomic E-state index is 0.206. The lowest BCUT2D eigenvalue weighted by atomic mass is 10.1.